The zero-order valence-electron chi connectivity index (χ0n) is 24.3. The predicted octanol–water partition coefficient (Wildman–Crippen LogP) is 3.74. The van der Waals surface area contributed by atoms with Gasteiger partial charge in [0.15, 0.2) is 11.5 Å². The number of rotatable bonds is 13. The number of benzene rings is 3. The van der Waals surface area contributed by atoms with E-state index in [0.717, 1.165) is 21.7 Å². The van der Waals surface area contributed by atoms with Crippen molar-refractivity contribution in [2.75, 3.05) is 31.0 Å². The SMILES string of the molecule is CC[C@H](C)NC(=O)[C@@H](Cc1ccccc1)N(Cc1cccc(OC)c1)C(=O)CN(c1ccc2c(c1)OCO2)S(C)(=O)=O. The fraction of sp³-hybridized carbons (Fsp3) is 0.355. The van der Waals surface area contributed by atoms with Crippen LogP contribution in [0.5, 0.6) is 17.2 Å². The van der Waals surface area contributed by atoms with Gasteiger partial charge in [-0.1, -0.05) is 49.4 Å². The minimum Gasteiger partial charge on any atom is -0.497 e. The van der Waals surface area contributed by atoms with E-state index in [-0.39, 0.29) is 37.4 Å². The van der Waals surface area contributed by atoms with E-state index in [9.17, 15) is 18.0 Å². The van der Waals surface area contributed by atoms with Gasteiger partial charge in [-0.25, -0.2) is 8.42 Å². The third-order valence-corrected chi connectivity index (χ3v) is 8.22. The molecule has 0 aliphatic carbocycles. The summed E-state index contributed by atoms with van der Waals surface area (Å²) in [6.45, 7) is 3.42. The van der Waals surface area contributed by atoms with E-state index in [4.69, 9.17) is 14.2 Å². The van der Waals surface area contributed by atoms with Crippen molar-refractivity contribution >= 4 is 27.5 Å². The fourth-order valence-electron chi connectivity index (χ4n) is 4.62. The number of nitrogens with zero attached hydrogens (tertiary/aromatic N) is 2. The van der Waals surface area contributed by atoms with Gasteiger partial charge in [0.25, 0.3) is 0 Å². The lowest BCUT2D eigenvalue weighted by Crippen LogP contribution is -2.54. The number of carbonyl (C=O) groups is 2. The Morgan fingerprint density at radius 2 is 1.69 bits per heavy atom. The number of methoxy groups -OCH3 is 1. The lowest BCUT2D eigenvalue weighted by atomic mass is 10.0. The van der Waals surface area contributed by atoms with Crippen molar-refractivity contribution in [3.8, 4) is 17.2 Å². The normalized spacial score (nSPS) is 13.6. The Balaban J connectivity index is 1.74. The summed E-state index contributed by atoms with van der Waals surface area (Å²) in [5.41, 5.74) is 1.84. The molecule has 1 aliphatic heterocycles. The molecule has 0 unspecified atom stereocenters. The van der Waals surface area contributed by atoms with E-state index in [0.29, 0.717) is 23.7 Å². The van der Waals surface area contributed by atoms with Crippen molar-refractivity contribution in [2.45, 2.75) is 45.3 Å². The Morgan fingerprint density at radius 3 is 2.38 bits per heavy atom. The number of sulfonamides is 1. The third kappa shape index (κ3) is 7.73. The van der Waals surface area contributed by atoms with Crippen LogP contribution in [-0.4, -0.2) is 63.9 Å². The fourth-order valence-corrected chi connectivity index (χ4v) is 5.46. The Hall–Kier alpha value is -4.25. The highest BCUT2D eigenvalue weighted by Gasteiger charge is 2.34. The predicted molar refractivity (Wildman–Crippen MR) is 160 cm³/mol. The molecule has 0 aromatic heterocycles. The number of ether oxygens (including phenoxy) is 3. The topological polar surface area (TPSA) is 114 Å². The highest BCUT2D eigenvalue weighted by molar-refractivity contribution is 7.92. The average Bonchev–Trinajstić information content (AvgIpc) is 3.45. The van der Waals surface area contributed by atoms with Gasteiger partial charge < -0.3 is 24.4 Å². The first-order valence-corrected chi connectivity index (χ1v) is 15.6. The maximum atomic E-state index is 14.2. The molecule has 1 heterocycles. The molecule has 2 amide bonds. The van der Waals surface area contributed by atoms with Crippen LogP contribution in [-0.2, 0) is 32.6 Å². The summed E-state index contributed by atoms with van der Waals surface area (Å²) in [6.07, 6.45) is 1.98. The second-order valence-corrected chi connectivity index (χ2v) is 12.1. The maximum absolute atomic E-state index is 14.2. The number of amides is 2. The van der Waals surface area contributed by atoms with Gasteiger partial charge in [-0.2, -0.15) is 0 Å². The summed E-state index contributed by atoms with van der Waals surface area (Å²) >= 11 is 0. The van der Waals surface area contributed by atoms with E-state index >= 15 is 0 Å². The minimum atomic E-state index is -3.91. The highest BCUT2D eigenvalue weighted by atomic mass is 32.2. The van der Waals surface area contributed by atoms with E-state index in [1.165, 1.54) is 11.0 Å². The lowest BCUT2D eigenvalue weighted by Gasteiger charge is -2.34. The molecule has 0 spiro atoms. The molecule has 0 bridgehead atoms. The molecular weight excluding hydrogens is 558 g/mol. The standard InChI is InChI=1S/C31H37N3O7S/c1-5-22(2)32-31(36)27(17-23-10-7-6-8-11-23)33(19-24-12-9-13-26(16-24)39-3)30(35)20-34(42(4,37)38)25-14-15-28-29(18-25)41-21-40-28/h6-16,18,22,27H,5,17,19-21H2,1-4H3,(H,32,36)/t22-,27+/m0/s1. The van der Waals surface area contributed by atoms with E-state index in [1.54, 1.807) is 37.4 Å². The second kappa shape index (κ2) is 13.6. The first kappa shape index (κ1) is 30.7. The second-order valence-electron chi connectivity index (χ2n) is 10.2. The number of fused-ring (bicyclic) bond motifs is 1. The molecule has 2 atom stereocenters. The number of hydrogen-bond acceptors (Lipinski definition) is 7. The molecule has 1 aliphatic rings. The summed E-state index contributed by atoms with van der Waals surface area (Å²) in [7, 11) is -2.36. The Kier molecular flexibility index (Phi) is 9.95. The van der Waals surface area contributed by atoms with Gasteiger partial charge in [-0.3, -0.25) is 13.9 Å². The van der Waals surface area contributed by atoms with Crippen LogP contribution >= 0.6 is 0 Å². The Labute approximate surface area is 247 Å². The van der Waals surface area contributed by atoms with Gasteiger partial charge >= 0.3 is 0 Å². The molecule has 0 radical (unpaired) electrons. The van der Waals surface area contributed by atoms with E-state index in [2.05, 4.69) is 5.32 Å². The average molecular weight is 596 g/mol. The van der Waals surface area contributed by atoms with E-state index < -0.39 is 28.5 Å². The molecule has 4 rings (SSSR count). The molecule has 11 heteroatoms. The molecule has 42 heavy (non-hydrogen) atoms. The number of carbonyl (C=O) groups excluding carboxylic acids is 2. The van der Waals surface area contributed by atoms with Crippen LogP contribution in [0.15, 0.2) is 72.8 Å². The van der Waals surface area contributed by atoms with Crippen molar-refractivity contribution in [1.82, 2.24) is 10.2 Å². The lowest BCUT2D eigenvalue weighted by molar-refractivity contribution is -0.140. The molecule has 10 nitrogen and oxygen atoms in total. The summed E-state index contributed by atoms with van der Waals surface area (Å²) in [5, 5.41) is 3.02. The Morgan fingerprint density at radius 1 is 0.976 bits per heavy atom. The monoisotopic (exact) mass is 595 g/mol. The van der Waals surface area contributed by atoms with Crippen molar-refractivity contribution < 1.29 is 32.2 Å². The molecule has 1 N–H and O–H groups in total. The number of anilines is 1. The smallest absolute Gasteiger partial charge is 0.244 e. The maximum Gasteiger partial charge on any atom is 0.244 e. The quantitative estimate of drug-likeness (QED) is 0.320. The van der Waals surface area contributed by atoms with Crippen LogP contribution < -0.4 is 23.8 Å². The van der Waals surface area contributed by atoms with Crippen LogP contribution in [0.2, 0.25) is 0 Å². The molecular formula is C31H37N3O7S. The van der Waals surface area contributed by atoms with Crippen LogP contribution in [0.25, 0.3) is 0 Å². The molecule has 0 saturated heterocycles. The first-order chi connectivity index (χ1) is 20.1. The minimum absolute atomic E-state index is 0.0252. The van der Waals surface area contributed by atoms with Crippen LogP contribution in [0.4, 0.5) is 5.69 Å². The van der Waals surface area contributed by atoms with Gasteiger partial charge in [-0.05, 0) is 48.7 Å². The van der Waals surface area contributed by atoms with Crippen molar-refractivity contribution in [2.24, 2.45) is 0 Å². The van der Waals surface area contributed by atoms with E-state index in [1.807, 2.05) is 50.2 Å². The van der Waals surface area contributed by atoms with Gasteiger partial charge in [0.05, 0.1) is 19.1 Å². The van der Waals surface area contributed by atoms with Crippen LogP contribution in [0.1, 0.15) is 31.4 Å². The van der Waals surface area contributed by atoms with Gasteiger partial charge in [0.1, 0.15) is 18.3 Å². The molecule has 3 aromatic rings. The summed E-state index contributed by atoms with van der Waals surface area (Å²) < 4.78 is 43.2. The summed E-state index contributed by atoms with van der Waals surface area (Å²) in [4.78, 5) is 29.4. The molecule has 3 aromatic carbocycles. The van der Waals surface area contributed by atoms with Gasteiger partial charge in [0, 0.05) is 25.1 Å². The number of nitrogens with one attached hydrogen (secondary N) is 1. The zero-order chi connectivity index (χ0) is 30.3. The molecule has 0 saturated carbocycles. The molecule has 0 fully saturated rings. The molecule has 224 valence electrons. The largest absolute Gasteiger partial charge is 0.497 e. The highest BCUT2D eigenvalue weighted by Crippen LogP contribution is 2.36. The van der Waals surface area contributed by atoms with Crippen molar-refractivity contribution in [3.63, 3.8) is 0 Å². The van der Waals surface area contributed by atoms with Crippen molar-refractivity contribution in [3.05, 3.63) is 83.9 Å². The zero-order valence-corrected chi connectivity index (χ0v) is 25.1. The summed E-state index contributed by atoms with van der Waals surface area (Å²) in [6, 6.07) is 20.3. The van der Waals surface area contributed by atoms with Gasteiger partial charge in [-0.15, -0.1) is 0 Å². The Bertz CT molecular complexity index is 1500. The van der Waals surface area contributed by atoms with Crippen LogP contribution in [0.3, 0.4) is 0 Å². The first-order valence-electron chi connectivity index (χ1n) is 13.7. The van der Waals surface area contributed by atoms with Crippen molar-refractivity contribution in [1.29, 1.82) is 0 Å². The van der Waals surface area contributed by atoms with Gasteiger partial charge in [0.2, 0.25) is 28.6 Å². The third-order valence-electron chi connectivity index (χ3n) is 7.08. The van der Waals surface area contributed by atoms with Crippen LogP contribution in [0, 0.1) is 0 Å². The number of hydrogen-bond donors (Lipinski definition) is 1. The summed E-state index contributed by atoms with van der Waals surface area (Å²) in [5.74, 6) is 0.612.